The van der Waals surface area contributed by atoms with Crippen LogP contribution in [-0.2, 0) is 9.30 Å². The van der Waals surface area contributed by atoms with Crippen molar-refractivity contribution < 1.29 is 14.1 Å². The van der Waals surface area contributed by atoms with Crippen LogP contribution in [0.3, 0.4) is 0 Å². The fourth-order valence-corrected chi connectivity index (χ4v) is 5.58. The molecular formula is C23H23O3P. The Labute approximate surface area is 160 Å². The van der Waals surface area contributed by atoms with E-state index in [0.717, 1.165) is 21.7 Å². The van der Waals surface area contributed by atoms with E-state index in [1.165, 1.54) is 0 Å². The Morgan fingerprint density at radius 1 is 0.741 bits per heavy atom. The molecule has 3 aromatic carbocycles. The molecule has 0 saturated heterocycles. The van der Waals surface area contributed by atoms with Crippen LogP contribution in [0.25, 0.3) is 0 Å². The summed E-state index contributed by atoms with van der Waals surface area (Å²) in [5.41, 5.74) is 2.69. The first-order valence-corrected chi connectivity index (χ1v) is 10.7. The van der Waals surface area contributed by atoms with Crippen molar-refractivity contribution in [1.82, 2.24) is 0 Å². The number of rotatable bonds is 5. The number of carbonyl (C=O) groups is 1. The third-order valence-corrected chi connectivity index (χ3v) is 7.61. The molecule has 0 heterocycles. The van der Waals surface area contributed by atoms with Crippen LogP contribution in [0.5, 0.6) is 0 Å². The lowest BCUT2D eigenvalue weighted by atomic mass is 10.2. The van der Waals surface area contributed by atoms with E-state index in [1.807, 2.05) is 62.4 Å². The summed E-state index contributed by atoms with van der Waals surface area (Å²) in [6.45, 7) is 6.12. The molecule has 3 rings (SSSR count). The minimum absolute atomic E-state index is 0.325. The molecular weight excluding hydrogens is 355 g/mol. The van der Waals surface area contributed by atoms with Crippen molar-refractivity contribution in [1.29, 1.82) is 0 Å². The van der Waals surface area contributed by atoms with Gasteiger partial charge in [0.1, 0.15) is 0 Å². The zero-order chi connectivity index (χ0) is 19.4. The Morgan fingerprint density at radius 3 is 1.48 bits per heavy atom. The summed E-state index contributed by atoms with van der Waals surface area (Å²) in [6, 6.07) is 22.5. The van der Waals surface area contributed by atoms with Gasteiger partial charge in [-0.1, -0.05) is 71.8 Å². The number of hydrogen-bond acceptors (Lipinski definition) is 3. The van der Waals surface area contributed by atoms with Gasteiger partial charge in [0.05, 0.1) is 12.2 Å². The first-order chi connectivity index (χ1) is 12.9. The second-order valence-electron chi connectivity index (χ2n) is 6.55. The third kappa shape index (κ3) is 3.89. The molecule has 0 spiro atoms. The van der Waals surface area contributed by atoms with Crippen LogP contribution in [0, 0.1) is 13.8 Å². The van der Waals surface area contributed by atoms with Crippen LogP contribution < -0.4 is 15.9 Å². The fourth-order valence-electron chi connectivity index (χ4n) is 2.98. The standard InChI is InChI=1S/C23H23O3P/c1-4-26-23(24)19-9-15-22(16-10-19)27(25,20-11-5-17(2)6-12-20)21-13-7-18(3)8-14-21/h5-16H,4H2,1-3H3. The van der Waals surface area contributed by atoms with Gasteiger partial charge in [0.2, 0.25) is 0 Å². The van der Waals surface area contributed by atoms with Crippen molar-refractivity contribution in [3.8, 4) is 0 Å². The molecule has 0 aliphatic heterocycles. The lowest BCUT2D eigenvalue weighted by Crippen LogP contribution is -2.25. The average Bonchev–Trinajstić information content (AvgIpc) is 2.69. The molecule has 138 valence electrons. The lowest BCUT2D eigenvalue weighted by Gasteiger charge is -2.20. The highest BCUT2D eigenvalue weighted by Crippen LogP contribution is 2.42. The van der Waals surface area contributed by atoms with Gasteiger partial charge in [0.25, 0.3) is 0 Å². The molecule has 0 aliphatic carbocycles. The zero-order valence-corrected chi connectivity index (χ0v) is 16.7. The van der Waals surface area contributed by atoms with E-state index < -0.39 is 7.14 Å². The highest BCUT2D eigenvalue weighted by Gasteiger charge is 2.29. The number of hydrogen-bond donors (Lipinski definition) is 0. The molecule has 0 fully saturated rings. The maximum absolute atomic E-state index is 14.3. The Bertz CT molecular complexity index is 922. The maximum atomic E-state index is 14.3. The Balaban J connectivity index is 2.12. The summed E-state index contributed by atoms with van der Waals surface area (Å²) in [6.07, 6.45) is 0. The predicted molar refractivity (Wildman–Crippen MR) is 111 cm³/mol. The minimum Gasteiger partial charge on any atom is -0.462 e. The predicted octanol–water partition coefficient (Wildman–Crippen LogP) is 4.12. The van der Waals surface area contributed by atoms with Crippen LogP contribution in [0.2, 0.25) is 0 Å². The highest BCUT2D eigenvalue weighted by molar-refractivity contribution is 7.85. The normalized spacial score (nSPS) is 11.2. The van der Waals surface area contributed by atoms with Crippen LogP contribution in [-0.4, -0.2) is 12.6 Å². The smallest absolute Gasteiger partial charge is 0.338 e. The van der Waals surface area contributed by atoms with Gasteiger partial charge in [-0.05, 0) is 32.9 Å². The third-order valence-electron chi connectivity index (χ3n) is 4.54. The zero-order valence-electron chi connectivity index (χ0n) is 15.8. The Kier molecular flexibility index (Phi) is 5.62. The quantitative estimate of drug-likeness (QED) is 0.496. The molecule has 0 radical (unpaired) electrons. The highest BCUT2D eigenvalue weighted by atomic mass is 31.2. The lowest BCUT2D eigenvalue weighted by molar-refractivity contribution is 0.0526. The number of benzene rings is 3. The van der Waals surface area contributed by atoms with Gasteiger partial charge in [-0.3, -0.25) is 0 Å². The summed E-state index contributed by atoms with van der Waals surface area (Å²) in [7, 11) is -3.03. The average molecular weight is 378 g/mol. The molecule has 0 amide bonds. The molecule has 27 heavy (non-hydrogen) atoms. The number of ether oxygens (including phenoxy) is 1. The van der Waals surface area contributed by atoms with E-state index in [1.54, 1.807) is 31.2 Å². The van der Waals surface area contributed by atoms with E-state index in [-0.39, 0.29) is 5.97 Å². The number of esters is 1. The largest absolute Gasteiger partial charge is 0.462 e. The summed E-state index contributed by atoms with van der Waals surface area (Å²) in [4.78, 5) is 11.9. The van der Waals surface area contributed by atoms with Crippen LogP contribution >= 0.6 is 7.14 Å². The minimum atomic E-state index is -3.03. The van der Waals surface area contributed by atoms with E-state index in [2.05, 4.69) is 0 Å². The molecule has 3 nitrogen and oxygen atoms in total. The van der Waals surface area contributed by atoms with Crippen molar-refractivity contribution in [2.45, 2.75) is 20.8 Å². The Hall–Kier alpha value is -2.64. The molecule has 0 N–H and O–H groups in total. The van der Waals surface area contributed by atoms with Crippen molar-refractivity contribution in [2.24, 2.45) is 0 Å². The topological polar surface area (TPSA) is 43.4 Å². The van der Waals surface area contributed by atoms with E-state index in [9.17, 15) is 9.36 Å². The van der Waals surface area contributed by atoms with E-state index >= 15 is 0 Å². The van der Waals surface area contributed by atoms with Gasteiger partial charge < -0.3 is 9.30 Å². The molecule has 0 aliphatic rings. The van der Waals surface area contributed by atoms with Gasteiger partial charge in [0.15, 0.2) is 7.14 Å². The molecule has 0 unspecified atom stereocenters. The first kappa shape index (κ1) is 19.1. The summed E-state index contributed by atoms with van der Waals surface area (Å²) >= 11 is 0. The van der Waals surface area contributed by atoms with Crippen molar-refractivity contribution in [3.05, 3.63) is 89.5 Å². The first-order valence-electron chi connectivity index (χ1n) is 8.97. The second kappa shape index (κ2) is 7.94. The molecule has 0 saturated carbocycles. The van der Waals surface area contributed by atoms with Crippen LogP contribution in [0.15, 0.2) is 72.8 Å². The molecule has 0 bridgehead atoms. The number of carbonyl (C=O) groups excluding carboxylic acids is 1. The fraction of sp³-hybridized carbons (Fsp3) is 0.174. The monoisotopic (exact) mass is 378 g/mol. The van der Waals surface area contributed by atoms with E-state index in [0.29, 0.717) is 17.5 Å². The SMILES string of the molecule is CCOC(=O)c1ccc(P(=O)(c2ccc(C)cc2)c2ccc(C)cc2)cc1. The maximum Gasteiger partial charge on any atom is 0.338 e. The summed E-state index contributed by atoms with van der Waals surface area (Å²) in [5.74, 6) is -0.371. The number of aryl methyl sites for hydroxylation is 2. The summed E-state index contributed by atoms with van der Waals surface area (Å²) in [5, 5.41) is 2.25. The molecule has 4 heteroatoms. The second-order valence-corrected chi connectivity index (χ2v) is 9.32. The van der Waals surface area contributed by atoms with Crippen molar-refractivity contribution in [2.75, 3.05) is 6.61 Å². The van der Waals surface area contributed by atoms with Crippen LogP contribution in [0.4, 0.5) is 0 Å². The van der Waals surface area contributed by atoms with Crippen LogP contribution in [0.1, 0.15) is 28.4 Å². The van der Waals surface area contributed by atoms with E-state index in [4.69, 9.17) is 4.74 Å². The van der Waals surface area contributed by atoms with Gasteiger partial charge in [-0.2, -0.15) is 0 Å². The van der Waals surface area contributed by atoms with Gasteiger partial charge in [-0.15, -0.1) is 0 Å². The molecule has 0 atom stereocenters. The van der Waals surface area contributed by atoms with Crippen molar-refractivity contribution in [3.63, 3.8) is 0 Å². The summed E-state index contributed by atoms with van der Waals surface area (Å²) < 4.78 is 19.4. The van der Waals surface area contributed by atoms with Crippen molar-refractivity contribution >= 4 is 29.0 Å². The molecule has 3 aromatic rings. The van der Waals surface area contributed by atoms with Gasteiger partial charge in [0, 0.05) is 15.9 Å². The van der Waals surface area contributed by atoms with Gasteiger partial charge in [-0.25, -0.2) is 4.79 Å². The Morgan fingerprint density at radius 2 is 1.11 bits per heavy atom. The molecule has 0 aromatic heterocycles. The van der Waals surface area contributed by atoms with Gasteiger partial charge >= 0.3 is 5.97 Å².